The minimum absolute atomic E-state index is 0.00156. The van der Waals surface area contributed by atoms with Crippen LogP contribution < -0.4 is 4.74 Å². The number of rotatable bonds is 14. The highest BCUT2D eigenvalue weighted by atomic mass is 16.5. The Kier molecular flexibility index (Phi) is 12.4. The Morgan fingerprint density at radius 1 is 0.902 bits per heavy atom. The largest absolute Gasteiger partial charge is 0.491 e. The highest BCUT2D eigenvalue weighted by Gasteiger charge is 2.31. The lowest BCUT2D eigenvalue weighted by Gasteiger charge is -2.38. The summed E-state index contributed by atoms with van der Waals surface area (Å²) in [5.74, 6) is 3.87. The van der Waals surface area contributed by atoms with Crippen LogP contribution in [0.15, 0.2) is 54.6 Å². The predicted molar refractivity (Wildman–Crippen MR) is 168 cm³/mol. The van der Waals surface area contributed by atoms with Gasteiger partial charge >= 0.3 is 5.97 Å². The molecule has 0 saturated heterocycles. The molecule has 0 bridgehead atoms. The number of aliphatic hydroxyl groups excluding tert-OH is 1. The average molecular weight is 561 g/mol. The van der Waals surface area contributed by atoms with Crippen molar-refractivity contribution >= 4 is 5.97 Å². The van der Waals surface area contributed by atoms with Gasteiger partial charge in [0.15, 0.2) is 0 Å². The first kappa shape index (κ1) is 31.3. The van der Waals surface area contributed by atoms with Crippen molar-refractivity contribution in [3.63, 3.8) is 0 Å². The molecule has 0 unspecified atom stereocenters. The molecule has 4 heteroatoms. The van der Waals surface area contributed by atoms with Crippen LogP contribution in [0.4, 0.5) is 0 Å². The molecule has 0 amide bonds. The lowest BCUT2D eigenvalue weighted by Crippen LogP contribution is -2.25. The van der Waals surface area contributed by atoms with Crippen LogP contribution in [0.25, 0.3) is 11.1 Å². The molecule has 0 aliphatic heterocycles. The zero-order chi connectivity index (χ0) is 29.0. The quantitative estimate of drug-likeness (QED) is 0.142. The number of esters is 1. The van der Waals surface area contributed by atoms with E-state index in [-0.39, 0.29) is 19.2 Å². The van der Waals surface area contributed by atoms with Crippen LogP contribution in [0.2, 0.25) is 0 Å². The van der Waals surface area contributed by atoms with Crippen molar-refractivity contribution in [2.45, 2.75) is 103 Å². The van der Waals surface area contributed by atoms with Crippen molar-refractivity contribution in [3.05, 3.63) is 65.7 Å². The van der Waals surface area contributed by atoms with Crippen molar-refractivity contribution in [1.82, 2.24) is 0 Å². The maximum atomic E-state index is 12.0. The lowest BCUT2D eigenvalue weighted by molar-refractivity contribution is -0.138. The number of aliphatic hydroxyl groups is 1. The van der Waals surface area contributed by atoms with Crippen LogP contribution in [-0.4, -0.2) is 30.9 Å². The van der Waals surface area contributed by atoms with E-state index in [4.69, 9.17) is 14.6 Å². The second-order valence-electron chi connectivity index (χ2n) is 12.6. The molecular formula is C37H52O4. The van der Waals surface area contributed by atoms with Crippen molar-refractivity contribution in [3.8, 4) is 16.9 Å². The van der Waals surface area contributed by atoms with Gasteiger partial charge in [-0.05, 0) is 104 Å². The molecule has 2 aliphatic rings. The van der Waals surface area contributed by atoms with E-state index in [0.29, 0.717) is 24.5 Å². The van der Waals surface area contributed by atoms with E-state index in [1.54, 1.807) is 6.92 Å². The molecule has 2 aromatic rings. The first-order valence-electron chi connectivity index (χ1n) is 16.3. The smallest absolute Gasteiger partial charge is 0.333 e. The summed E-state index contributed by atoms with van der Waals surface area (Å²) in [4.78, 5) is 12.0. The molecule has 1 N–H and O–H groups in total. The second kappa shape index (κ2) is 16.2. The Bertz CT molecular complexity index is 1090. The van der Waals surface area contributed by atoms with Gasteiger partial charge in [-0.25, -0.2) is 4.79 Å². The number of hydrogen-bond donors (Lipinski definition) is 1. The molecule has 4 nitrogen and oxygen atoms in total. The Balaban J connectivity index is 1.39. The summed E-state index contributed by atoms with van der Waals surface area (Å²) in [5.41, 5.74) is 5.35. The average Bonchev–Trinajstić information content (AvgIpc) is 3.01. The van der Waals surface area contributed by atoms with Gasteiger partial charge in [0.25, 0.3) is 0 Å². The van der Waals surface area contributed by atoms with Gasteiger partial charge in [-0.1, -0.05) is 82.4 Å². The van der Waals surface area contributed by atoms with Crippen LogP contribution in [-0.2, 0) is 16.0 Å². The highest BCUT2D eigenvalue weighted by Crippen LogP contribution is 2.45. The number of hydrogen-bond acceptors (Lipinski definition) is 4. The zero-order valence-corrected chi connectivity index (χ0v) is 25.5. The molecule has 0 radical (unpaired) electrons. The van der Waals surface area contributed by atoms with Crippen LogP contribution in [0, 0.1) is 17.8 Å². The van der Waals surface area contributed by atoms with E-state index in [9.17, 15) is 4.79 Å². The van der Waals surface area contributed by atoms with E-state index >= 15 is 0 Å². The topological polar surface area (TPSA) is 55.8 Å². The molecule has 0 heterocycles. The Hall–Kier alpha value is -2.59. The predicted octanol–water partition coefficient (Wildman–Crippen LogP) is 9.05. The first-order valence-corrected chi connectivity index (χ1v) is 16.3. The maximum Gasteiger partial charge on any atom is 0.333 e. The fraction of sp³-hybridized carbons (Fsp3) is 0.595. The van der Waals surface area contributed by atoms with Gasteiger partial charge in [0, 0.05) is 12.0 Å². The molecule has 2 aromatic carbocycles. The van der Waals surface area contributed by atoms with E-state index in [2.05, 4.69) is 43.8 Å². The Labute approximate surface area is 248 Å². The molecule has 0 spiro atoms. The fourth-order valence-corrected chi connectivity index (χ4v) is 7.18. The third kappa shape index (κ3) is 9.20. The van der Waals surface area contributed by atoms with Crippen molar-refractivity contribution in [2.24, 2.45) is 17.8 Å². The van der Waals surface area contributed by atoms with Gasteiger partial charge in [0.05, 0.1) is 13.2 Å². The van der Waals surface area contributed by atoms with Gasteiger partial charge in [-0.15, -0.1) is 0 Å². The van der Waals surface area contributed by atoms with E-state index in [1.165, 1.54) is 93.7 Å². The number of benzene rings is 2. The highest BCUT2D eigenvalue weighted by molar-refractivity contribution is 5.86. The van der Waals surface area contributed by atoms with Gasteiger partial charge in [-0.2, -0.15) is 0 Å². The zero-order valence-electron chi connectivity index (χ0n) is 25.5. The van der Waals surface area contributed by atoms with E-state index in [1.807, 2.05) is 12.1 Å². The molecule has 41 heavy (non-hydrogen) atoms. The minimum atomic E-state index is -0.332. The Morgan fingerprint density at radius 3 is 2.22 bits per heavy atom. The molecule has 0 aromatic heterocycles. The van der Waals surface area contributed by atoms with Gasteiger partial charge in [0.2, 0.25) is 0 Å². The molecular weight excluding hydrogens is 508 g/mol. The Morgan fingerprint density at radius 2 is 1.59 bits per heavy atom. The molecule has 224 valence electrons. The number of carbonyl (C=O) groups is 1. The minimum Gasteiger partial charge on any atom is -0.491 e. The second-order valence-corrected chi connectivity index (χ2v) is 12.6. The van der Waals surface area contributed by atoms with Crippen molar-refractivity contribution in [1.29, 1.82) is 0 Å². The van der Waals surface area contributed by atoms with Crippen molar-refractivity contribution < 1.29 is 19.4 Å². The molecule has 2 aliphatic carbocycles. The van der Waals surface area contributed by atoms with Crippen LogP contribution in [0.5, 0.6) is 5.75 Å². The summed E-state index contributed by atoms with van der Waals surface area (Å²) in [6.45, 7) is 8.32. The molecule has 4 rings (SSSR count). The van der Waals surface area contributed by atoms with E-state index < -0.39 is 0 Å². The SMILES string of the molecule is C=C(C)C(=O)OCCc1cc(C2CCC(C3CCC(CCCCC)CC3)CC2)ccc1-c1ccc(OCCO)cc1. The summed E-state index contributed by atoms with van der Waals surface area (Å²) in [6.07, 6.45) is 17.4. The first-order chi connectivity index (χ1) is 20.0. The van der Waals surface area contributed by atoms with Gasteiger partial charge < -0.3 is 14.6 Å². The van der Waals surface area contributed by atoms with Crippen LogP contribution in [0.3, 0.4) is 0 Å². The molecule has 0 atom stereocenters. The summed E-state index contributed by atoms with van der Waals surface area (Å²) >= 11 is 0. The maximum absolute atomic E-state index is 12.0. The summed E-state index contributed by atoms with van der Waals surface area (Å²) in [5, 5.41) is 9.04. The summed E-state index contributed by atoms with van der Waals surface area (Å²) < 4.78 is 11.0. The van der Waals surface area contributed by atoms with E-state index in [0.717, 1.165) is 29.1 Å². The number of unbranched alkanes of at least 4 members (excludes halogenated alkanes) is 2. The fourth-order valence-electron chi connectivity index (χ4n) is 7.18. The normalized spacial score (nSPS) is 22.7. The molecule has 2 fully saturated rings. The third-order valence-corrected chi connectivity index (χ3v) is 9.62. The summed E-state index contributed by atoms with van der Waals surface area (Å²) in [6, 6.07) is 15.0. The standard InChI is InChI=1S/C37H52O4/c1-4-5-6-7-28-8-10-29(11-9-28)30-12-14-31(15-13-30)33-18-21-36(32-16-19-35(20-17-32)40-25-23-38)34(26-33)22-24-41-37(39)27(2)3/h16-21,26,28-31,38H,2,4-15,22-25H2,1,3H3. The summed E-state index contributed by atoms with van der Waals surface area (Å²) in [7, 11) is 0. The van der Waals surface area contributed by atoms with Crippen LogP contribution >= 0.6 is 0 Å². The van der Waals surface area contributed by atoms with Gasteiger partial charge in [-0.3, -0.25) is 0 Å². The number of carbonyl (C=O) groups excluding carboxylic acids is 1. The monoisotopic (exact) mass is 560 g/mol. The molecule has 2 saturated carbocycles. The lowest BCUT2D eigenvalue weighted by atomic mass is 9.68. The number of ether oxygens (including phenoxy) is 2. The van der Waals surface area contributed by atoms with Crippen molar-refractivity contribution in [2.75, 3.05) is 19.8 Å². The van der Waals surface area contributed by atoms with Crippen LogP contribution in [0.1, 0.15) is 108 Å². The third-order valence-electron chi connectivity index (χ3n) is 9.62. The van der Waals surface area contributed by atoms with Gasteiger partial charge in [0.1, 0.15) is 12.4 Å².